The second-order valence-electron chi connectivity index (χ2n) is 6.82. The summed E-state index contributed by atoms with van der Waals surface area (Å²) in [5, 5.41) is 18.5. The van der Waals surface area contributed by atoms with Crippen molar-refractivity contribution in [1.82, 2.24) is 0 Å². The van der Waals surface area contributed by atoms with E-state index in [1.807, 2.05) is 0 Å². The van der Waals surface area contributed by atoms with E-state index in [-0.39, 0.29) is 24.7 Å². The minimum absolute atomic E-state index is 0.0604. The molecular weight excluding hydrogens is 318 g/mol. The molecule has 0 amide bonds. The zero-order valence-electron chi connectivity index (χ0n) is 14.6. The minimum Gasteiger partial charge on any atom is -0.480 e. The van der Waals surface area contributed by atoms with Gasteiger partial charge in [-0.3, -0.25) is 9.59 Å². The first-order valence-electron chi connectivity index (χ1n) is 7.66. The third kappa shape index (κ3) is 4.82. The van der Waals surface area contributed by atoms with Gasteiger partial charge in [-0.15, -0.1) is 0 Å². The minimum atomic E-state index is -1.44. The first-order chi connectivity index (χ1) is 10.3. The predicted molar refractivity (Wildman–Crippen MR) is 93.3 cm³/mol. The third-order valence-corrected chi connectivity index (χ3v) is 5.84. The van der Waals surface area contributed by atoms with Crippen LogP contribution < -0.4 is 17.2 Å². The van der Waals surface area contributed by atoms with E-state index in [1.54, 1.807) is 34.0 Å². The summed E-state index contributed by atoms with van der Waals surface area (Å²) < 4.78 is 0. The number of thioether (sulfide) groups is 1. The van der Waals surface area contributed by atoms with E-state index in [0.717, 1.165) is 0 Å². The van der Waals surface area contributed by atoms with Gasteiger partial charge in [0.1, 0.15) is 11.1 Å². The Bertz CT molecular complexity index is 433. The molecular formula is C15H31N3O4S. The SMILES string of the molecule is CSC(CC(N)CC(N)(C(=O)O)C(C)C)C(N)(C(=O)O)C(C)C. The largest absolute Gasteiger partial charge is 0.480 e. The summed E-state index contributed by atoms with van der Waals surface area (Å²) in [5.74, 6) is -2.78. The van der Waals surface area contributed by atoms with Crippen LogP contribution >= 0.6 is 11.8 Å². The third-order valence-electron chi connectivity index (χ3n) is 4.69. The Balaban J connectivity index is 5.28. The van der Waals surface area contributed by atoms with E-state index in [9.17, 15) is 19.8 Å². The van der Waals surface area contributed by atoms with Gasteiger partial charge in [0.15, 0.2) is 0 Å². The molecule has 0 fully saturated rings. The van der Waals surface area contributed by atoms with E-state index in [1.165, 1.54) is 11.8 Å². The highest BCUT2D eigenvalue weighted by molar-refractivity contribution is 7.99. The second kappa shape index (κ2) is 8.32. The molecule has 0 rings (SSSR count). The van der Waals surface area contributed by atoms with Gasteiger partial charge in [0.2, 0.25) is 0 Å². The van der Waals surface area contributed by atoms with E-state index in [0.29, 0.717) is 0 Å². The van der Waals surface area contributed by atoms with Gasteiger partial charge in [-0.2, -0.15) is 11.8 Å². The molecule has 0 heterocycles. The van der Waals surface area contributed by atoms with E-state index in [4.69, 9.17) is 17.2 Å². The number of rotatable bonds is 10. The van der Waals surface area contributed by atoms with Crippen LogP contribution in [0.1, 0.15) is 40.5 Å². The number of hydrogen-bond acceptors (Lipinski definition) is 6. The van der Waals surface area contributed by atoms with Crippen molar-refractivity contribution in [2.75, 3.05) is 6.26 Å². The fourth-order valence-electron chi connectivity index (χ4n) is 2.60. The van der Waals surface area contributed by atoms with Crippen LogP contribution in [0.3, 0.4) is 0 Å². The summed E-state index contributed by atoms with van der Waals surface area (Å²) in [6, 6.07) is -0.558. The zero-order valence-corrected chi connectivity index (χ0v) is 15.4. The Kier molecular flexibility index (Phi) is 8.02. The van der Waals surface area contributed by atoms with Gasteiger partial charge in [0, 0.05) is 11.3 Å². The highest BCUT2D eigenvalue weighted by atomic mass is 32.2. The summed E-state index contributed by atoms with van der Waals surface area (Å²) in [6.45, 7) is 6.96. The van der Waals surface area contributed by atoms with Gasteiger partial charge in [-0.25, -0.2) is 0 Å². The number of carbonyl (C=O) groups is 2. The summed E-state index contributed by atoms with van der Waals surface area (Å²) >= 11 is 1.33. The van der Waals surface area contributed by atoms with Gasteiger partial charge in [-0.05, 0) is 30.9 Å². The summed E-state index contributed by atoms with van der Waals surface area (Å²) in [5.41, 5.74) is 15.4. The van der Waals surface area contributed by atoms with Crippen molar-refractivity contribution >= 4 is 23.7 Å². The standard InChI is InChI=1S/C15H31N3O4S/c1-8(2)14(17,12(19)20)7-10(16)6-11(23-5)15(18,9(3)4)13(21)22/h8-11H,6-7,16-18H2,1-5H3,(H,19,20)(H,21,22). The van der Waals surface area contributed by atoms with Crippen molar-refractivity contribution in [2.24, 2.45) is 29.0 Å². The molecule has 0 saturated heterocycles. The Labute approximate surface area is 142 Å². The molecule has 0 aromatic heterocycles. The van der Waals surface area contributed by atoms with Crippen molar-refractivity contribution in [3.05, 3.63) is 0 Å². The van der Waals surface area contributed by atoms with Crippen molar-refractivity contribution < 1.29 is 19.8 Å². The van der Waals surface area contributed by atoms with E-state index in [2.05, 4.69) is 0 Å². The van der Waals surface area contributed by atoms with Gasteiger partial charge >= 0.3 is 11.9 Å². The van der Waals surface area contributed by atoms with Crippen LogP contribution in [0.2, 0.25) is 0 Å². The quantitative estimate of drug-likeness (QED) is 0.386. The topological polar surface area (TPSA) is 153 Å². The lowest BCUT2D eigenvalue weighted by Crippen LogP contribution is -2.62. The van der Waals surface area contributed by atoms with Gasteiger partial charge in [-0.1, -0.05) is 27.7 Å². The Morgan fingerprint density at radius 3 is 1.78 bits per heavy atom. The van der Waals surface area contributed by atoms with Crippen molar-refractivity contribution in [3.63, 3.8) is 0 Å². The smallest absolute Gasteiger partial charge is 0.325 e. The lowest BCUT2D eigenvalue weighted by molar-refractivity contribution is -0.147. The molecule has 7 nitrogen and oxygen atoms in total. The molecule has 4 unspecified atom stereocenters. The number of carboxylic acids is 2. The number of aliphatic carboxylic acids is 2. The zero-order chi connectivity index (χ0) is 18.6. The lowest BCUT2D eigenvalue weighted by atomic mass is 9.77. The van der Waals surface area contributed by atoms with Crippen molar-refractivity contribution in [2.45, 2.75) is 62.9 Å². The van der Waals surface area contributed by atoms with Crippen LogP contribution in [0, 0.1) is 11.8 Å². The first-order valence-corrected chi connectivity index (χ1v) is 8.95. The molecule has 0 aliphatic heterocycles. The maximum absolute atomic E-state index is 11.6. The second-order valence-corrected chi connectivity index (χ2v) is 7.86. The monoisotopic (exact) mass is 349 g/mol. The number of hydrogen-bond donors (Lipinski definition) is 5. The van der Waals surface area contributed by atoms with Gasteiger partial charge in [0.05, 0.1) is 0 Å². The number of carboxylic acid groups (broad SMARTS) is 2. The average molecular weight is 349 g/mol. The first kappa shape index (κ1) is 22.2. The molecule has 136 valence electrons. The molecule has 0 aliphatic rings. The summed E-state index contributed by atoms with van der Waals surface area (Å²) in [4.78, 5) is 23.1. The van der Waals surface area contributed by atoms with E-state index >= 15 is 0 Å². The van der Waals surface area contributed by atoms with E-state index < -0.39 is 34.3 Å². The average Bonchev–Trinajstić information content (AvgIpc) is 2.42. The Morgan fingerprint density at radius 1 is 1.04 bits per heavy atom. The molecule has 23 heavy (non-hydrogen) atoms. The molecule has 0 aromatic carbocycles. The van der Waals surface area contributed by atoms with Crippen molar-refractivity contribution in [3.8, 4) is 0 Å². The normalized spacial score (nSPS) is 19.9. The van der Waals surface area contributed by atoms with Crippen LogP contribution in [-0.4, -0.2) is 50.8 Å². The highest BCUT2D eigenvalue weighted by Crippen LogP contribution is 2.32. The molecule has 0 bridgehead atoms. The summed E-state index contributed by atoms with van der Waals surface area (Å²) in [7, 11) is 0. The van der Waals surface area contributed by atoms with Crippen LogP contribution in [-0.2, 0) is 9.59 Å². The van der Waals surface area contributed by atoms with Crippen LogP contribution in [0.15, 0.2) is 0 Å². The lowest BCUT2D eigenvalue weighted by Gasteiger charge is -2.38. The molecule has 0 radical (unpaired) electrons. The fourth-order valence-corrected chi connectivity index (χ4v) is 3.81. The maximum atomic E-state index is 11.6. The molecule has 8 heteroatoms. The maximum Gasteiger partial charge on any atom is 0.325 e. The molecule has 8 N–H and O–H groups in total. The van der Waals surface area contributed by atoms with Crippen molar-refractivity contribution in [1.29, 1.82) is 0 Å². The fraction of sp³-hybridized carbons (Fsp3) is 0.867. The van der Waals surface area contributed by atoms with Crippen LogP contribution in [0.5, 0.6) is 0 Å². The Morgan fingerprint density at radius 2 is 1.52 bits per heavy atom. The molecule has 0 saturated carbocycles. The summed E-state index contributed by atoms with van der Waals surface area (Å²) in [6.07, 6.45) is 2.12. The van der Waals surface area contributed by atoms with Crippen LogP contribution in [0.4, 0.5) is 0 Å². The van der Waals surface area contributed by atoms with Gasteiger partial charge < -0.3 is 27.4 Å². The molecule has 0 aliphatic carbocycles. The van der Waals surface area contributed by atoms with Crippen LogP contribution in [0.25, 0.3) is 0 Å². The molecule has 0 spiro atoms. The number of nitrogens with two attached hydrogens (primary N) is 3. The highest BCUT2D eigenvalue weighted by Gasteiger charge is 2.46. The van der Waals surface area contributed by atoms with Gasteiger partial charge in [0.25, 0.3) is 0 Å². The predicted octanol–water partition coefficient (Wildman–Crippen LogP) is 0.702. The molecule has 4 atom stereocenters. The Hall–Kier alpha value is -0.830. The molecule has 0 aromatic rings.